The van der Waals surface area contributed by atoms with Gasteiger partial charge in [-0.2, -0.15) is 0 Å². The summed E-state index contributed by atoms with van der Waals surface area (Å²) in [5, 5.41) is 10.8. The Morgan fingerprint density at radius 2 is 2.38 bits per heavy atom. The SMILES string of the molecule is Nc1nc(C(=O)N2CCCC2C(=O)O)cs1. The Morgan fingerprint density at radius 1 is 1.62 bits per heavy atom. The van der Waals surface area contributed by atoms with Crippen LogP contribution in [0.15, 0.2) is 5.38 Å². The molecule has 1 amide bonds. The Labute approximate surface area is 95.7 Å². The average Bonchev–Trinajstić information content (AvgIpc) is 2.84. The van der Waals surface area contributed by atoms with Crippen LogP contribution in [-0.2, 0) is 4.79 Å². The van der Waals surface area contributed by atoms with Gasteiger partial charge in [-0.25, -0.2) is 9.78 Å². The number of hydrogen-bond acceptors (Lipinski definition) is 5. The molecule has 0 aliphatic carbocycles. The predicted octanol–water partition coefficient (Wildman–Crippen LogP) is 0.414. The first kappa shape index (κ1) is 10.9. The van der Waals surface area contributed by atoms with Gasteiger partial charge in [0.25, 0.3) is 5.91 Å². The smallest absolute Gasteiger partial charge is 0.326 e. The molecule has 0 spiro atoms. The van der Waals surface area contributed by atoms with Gasteiger partial charge in [0, 0.05) is 11.9 Å². The third kappa shape index (κ3) is 1.85. The Morgan fingerprint density at radius 3 is 2.94 bits per heavy atom. The zero-order chi connectivity index (χ0) is 11.7. The van der Waals surface area contributed by atoms with Crippen molar-refractivity contribution in [1.82, 2.24) is 9.88 Å². The minimum Gasteiger partial charge on any atom is -0.480 e. The highest BCUT2D eigenvalue weighted by molar-refractivity contribution is 7.13. The highest BCUT2D eigenvalue weighted by atomic mass is 32.1. The summed E-state index contributed by atoms with van der Waals surface area (Å²) < 4.78 is 0. The molecule has 1 unspecified atom stereocenters. The van der Waals surface area contributed by atoms with Crippen molar-refractivity contribution in [2.24, 2.45) is 0 Å². The number of thiazole rings is 1. The molecular weight excluding hydrogens is 230 g/mol. The number of amides is 1. The molecule has 1 atom stereocenters. The van der Waals surface area contributed by atoms with E-state index in [1.165, 1.54) is 16.2 Å². The van der Waals surface area contributed by atoms with Gasteiger partial charge in [-0.15, -0.1) is 11.3 Å². The molecule has 3 N–H and O–H groups in total. The number of nitrogens with zero attached hydrogens (tertiary/aromatic N) is 2. The fourth-order valence-corrected chi connectivity index (χ4v) is 2.34. The number of nitrogens with two attached hydrogens (primary N) is 1. The van der Waals surface area contributed by atoms with Gasteiger partial charge in [0.2, 0.25) is 0 Å². The zero-order valence-corrected chi connectivity index (χ0v) is 9.24. The number of aliphatic carboxylic acids is 1. The van der Waals surface area contributed by atoms with Crippen molar-refractivity contribution in [3.05, 3.63) is 11.1 Å². The van der Waals surface area contributed by atoms with E-state index in [9.17, 15) is 9.59 Å². The monoisotopic (exact) mass is 241 g/mol. The summed E-state index contributed by atoms with van der Waals surface area (Å²) in [6, 6.07) is -0.726. The van der Waals surface area contributed by atoms with Crippen LogP contribution in [0.4, 0.5) is 5.13 Å². The molecule has 1 fully saturated rings. The van der Waals surface area contributed by atoms with Gasteiger partial charge in [0.15, 0.2) is 5.13 Å². The molecular formula is C9H11N3O3S. The van der Waals surface area contributed by atoms with E-state index in [0.29, 0.717) is 24.5 Å². The third-order valence-corrected chi connectivity index (χ3v) is 3.21. The van der Waals surface area contributed by atoms with E-state index in [0.717, 1.165) is 0 Å². The van der Waals surface area contributed by atoms with Crippen molar-refractivity contribution in [2.75, 3.05) is 12.3 Å². The second-order valence-corrected chi connectivity index (χ2v) is 4.46. The first-order chi connectivity index (χ1) is 7.59. The number of carboxylic acid groups (broad SMARTS) is 1. The molecule has 16 heavy (non-hydrogen) atoms. The molecule has 1 aliphatic heterocycles. The quantitative estimate of drug-likeness (QED) is 0.782. The van der Waals surface area contributed by atoms with Crippen molar-refractivity contribution in [3.8, 4) is 0 Å². The third-order valence-electron chi connectivity index (χ3n) is 2.54. The lowest BCUT2D eigenvalue weighted by Crippen LogP contribution is -2.40. The van der Waals surface area contributed by atoms with Crippen LogP contribution >= 0.6 is 11.3 Å². The van der Waals surface area contributed by atoms with Crippen LogP contribution in [0, 0.1) is 0 Å². The number of carboxylic acids is 1. The predicted molar refractivity (Wildman–Crippen MR) is 58.2 cm³/mol. The zero-order valence-electron chi connectivity index (χ0n) is 8.42. The van der Waals surface area contributed by atoms with Crippen LogP contribution in [0.25, 0.3) is 0 Å². The number of likely N-dealkylation sites (tertiary alicyclic amines) is 1. The number of carbonyl (C=O) groups excluding carboxylic acids is 1. The highest BCUT2D eigenvalue weighted by Crippen LogP contribution is 2.21. The highest BCUT2D eigenvalue weighted by Gasteiger charge is 2.35. The van der Waals surface area contributed by atoms with E-state index in [2.05, 4.69) is 4.98 Å². The second-order valence-electron chi connectivity index (χ2n) is 3.57. The molecule has 86 valence electrons. The first-order valence-corrected chi connectivity index (χ1v) is 5.72. The van der Waals surface area contributed by atoms with Crippen LogP contribution in [0.1, 0.15) is 23.3 Å². The van der Waals surface area contributed by atoms with Gasteiger partial charge >= 0.3 is 5.97 Å². The fourth-order valence-electron chi connectivity index (χ4n) is 1.80. The fraction of sp³-hybridized carbons (Fsp3) is 0.444. The van der Waals surface area contributed by atoms with Crippen molar-refractivity contribution < 1.29 is 14.7 Å². The van der Waals surface area contributed by atoms with Gasteiger partial charge in [0.1, 0.15) is 11.7 Å². The lowest BCUT2D eigenvalue weighted by atomic mass is 10.2. The van der Waals surface area contributed by atoms with Crippen molar-refractivity contribution in [1.29, 1.82) is 0 Å². The van der Waals surface area contributed by atoms with E-state index >= 15 is 0 Å². The van der Waals surface area contributed by atoms with Crippen molar-refractivity contribution in [3.63, 3.8) is 0 Å². The standard InChI is InChI=1S/C9H11N3O3S/c10-9-11-5(4-16-9)7(13)12-3-1-2-6(12)8(14)15/h4,6H,1-3H2,(H2,10,11)(H,14,15). The summed E-state index contributed by atoms with van der Waals surface area (Å²) in [5.74, 6) is -1.31. The maximum atomic E-state index is 11.9. The molecule has 1 aromatic rings. The minimum absolute atomic E-state index is 0.232. The maximum Gasteiger partial charge on any atom is 0.326 e. The van der Waals surface area contributed by atoms with Crippen molar-refractivity contribution in [2.45, 2.75) is 18.9 Å². The van der Waals surface area contributed by atoms with Gasteiger partial charge in [-0.1, -0.05) is 0 Å². The summed E-state index contributed by atoms with van der Waals surface area (Å²) >= 11 is 1.17. The van der Waals surface area contributed by atoms with E-state index in [1.807, 2.05) is 0 Å². The van der Waals surface area contributed by atoms with Gasteiger partial charge in [-0.3, -0.25) is 4.79 Å². The van der Waals surface area contributed by atoms with Gasteiger partial charge in [0.05, 0.1) is 0 Å². The summed E-state index contributed by atoms with van der Waals surface area (Å²) in [6.45, 7) is 0.466. The largest absolute Gasteiger partial charge is 0.480 e. The first-order valence-electron chi connectivity index (χ1n) is 4.84. The molecule has 1 saturated heterocycles. The number of carbonyl (C=O) groups is 2. The lowest BCUT2D eigenvalue weighted by molar-refractivity contribution is -0.141. The Bertz CT molecular complexity index is 431. The molecule has 0 radical (unpaired) electrons. The minimum atomic E-state index is -0.964. The average molecular weight is 241 g/mol. The summed E-state index contributed by atoms with van der Waals surface area (Å²) in [7, 11) is 0. The van der Waals surface area contributed by atoms with E-state index in [4.69, 9.17) is 10.8 Å². The summed E-state index contributed by atoms with van der Waals surface area (Å²) in [6.07, 6.45) is 1.21. The summed E-state index contributed by atoms with van der Waals surface area (Å²) in [5.41, 5.74) is 5.66. The summed E-state index contributed by atoms with van der Waals surface area (Å²) in [4.78, 5) is 28.0. The lowest BCUT2D eigenvalue weighted by Gasteiger charge is -2.19. The number of aromatic nitrogens is 1. The molecule has 0 bridgehead atoms. The van der Waals surface area contributed by atoms with Crippen LogP contribution < -0.4 is 5.73 Å². The number of anilines is 1. The molecule has 0 aromatic carbocycles. The van der Waals surface area contributed by atoms with E-state index < -0.39 is 12.0 Å². The maximum absolute atomic E-state index is 11.9. The molecule has 2 rings (SSSR count). The van der Waals surface area contributed by atoms with Crippen LogP contribution in [0.3, 0.4) is 0 Å². The van der Waals surface area contributed by atoms with Crippen molar-refractivity contribution >= 4 is 28.3 Å². The molecule has 0 saturated carbocycles. The van der Waals surface area contributed by atoms with Crippen LogP contribution in [0.5, 0.6) is 0 Å². The second kappa shape index (κ2) is 4.09. The Balaban J connectivity index is 2.18. The molecule has 2 heterocycles. The van der Waals surface area contributed by atoms with Crippen LogP contribution in [-0.4, -0.2) is 39.5 Å². The van der Waals surface area contributed by atoms with E-state index in [1.54, 1.807) is 5.38 Å². The number of nitrogen functional groups attached to an aromatic ring is 1. The Kier molecular flexibility index (Phi) is 2.78. The molecule has 6 nitrogen and oxygen atoms in total. The molecule has 7 heteroatoms. The van der Waals surface area contributed by atoms with Gasteiger partial charge < -0.3 is 15.7 Å². The number of hydrogen-bond donors (Lipinski definition) is 2. The number of rotatable bonds is 2. The van der Waals surface area contributed by atoms with Crippen LogP contribution in [0.2, 0.25) is 0 Å². The molecule has 1 aromatic heterocycles. The van der Waals surface area contributed by atoms with E-state index in [-0.39, 0.29) is 11.6 Å². The normalized spacial score (nSPS) is 20.0. The molecule has 1 aliphatic rings. The van der Waals surface area contributed by atoms with Gasteiger partial charge in [-0.05, 0) is 12.8 Å². The Hall–Kier alpha value is -1.63. The topological polar surface area (TPSA) is 96.5 Å².